The van der Waals surface area contributed by atoms with Crippen molar-refractivity contribution in [3.63, 3.8) is 0 Å². The van der Waals surface area contributed by atoms with Crippen molar-refractivity contribution in [3.05, 3.63) is 41.5 Å². The summed E-state index contributed by atoms with van der Waals surface area (Å²) in [5, 5.41) is 9.61. The van der Waals surface area contributed by atoms with Gasteiger partial charge >= 0.3 is 5.97 Å². The van der Waals surface area contributed by atoms with Crippen LogP contribution in [0.1, 0.15) is 24.8 Å². The zero-order valence-corrected chi connectivity index (χ0v) is 14.4. The summed E-state index contributed by atoms with van der Waals surface area (Å²) in [6.45, 7) is 1.06. The van der Waals surface area contributed by atoms with Crippen LogP contribution in [-0.4, -0.2) is 54.0 Å². The highest BCUT2D eigenvalue weighted by Crippen LogP contribution is 2.42. The Morgan fingerprint density at radius 1 is 1.23 bits per heavy atom. The molecule has 1 aromatic carbocycles. The number of allylic oxidation sites excluding steroid dienone is 1. The quantitative estimate of drug-likeness (QED) is 0.890. The molecule has 26 heavy (non-hydrogen) atoms. The van der Waals surface area contributed by atoms with Gasteiger partial charge in [-0.25, -0.2) is 0 Å². The van der Waals surface area contributed by atoms with Gasteiger partial charge in [0.25, 0.3) is 0 Å². The third kappa shape index (κ3) is 2.65. The summed E-state index contributed by atoms with van der Waals surface area (Å²) in [5.41, 5.74) is 1.51. The minimum atomic E-state index is -0.994. The number of carbonyl (C=O) groups is 3. The number of rotatable bonds is 4. The van der Waals surface area contributed by atoms with Gasteiger partial charge in [0, 0.05) is 31.0 Å². The van der Waals surface area contributed by atoms with Gasteiger partial charge in [0.05, 0.1) is 19.6 Å². The average Bonchev–Trinajstić information content (AvgIpc) is 3.29. The van der Waals surface area contributed by atoms with Crippen LogP contribution in [0.2, 0.25) is 0 Å². The third-order valence-electron chi connectivity index (χ3n) is 5.91. The normalized spacial score (nSPS) is 27.9. The average molecular weight is 355 g/mol. The fourth-order valence-electron chi connectivity index (χ4n) is 4.36. The van der Waals surface area contributed by atoms with Crippen molar-refractivity contribution in [2.75, 3.05) is 26.3 Å². The molecular weight excluding hydrogens is 334 g/mol. The first-order valence-corrected chi connectivity index (χ1v) is 8.91. The molecule has 1 amide bonds. The molecule has 0 aromatic heterocycles. The molecule has 0 bridgehead atoms. The summed E-state index contributed by atoms with van der Waals surface area (Å²) >= 11 is 0. The molecule has 0 spiro atoms. The molecule has 2 saturated heterocycles. The Labute approximate surface area is 151 Å². The highest BCUT2D eigenvalue weighted by Gasteiger charge is 2.57. The number of Topliss-reactive ketones (excluding diaryl/α,β-unsaturated/α-hetero) is 1. The van der Waals surface area contributed by atoms with Crippen LogP contribution >= 0.6 is 0 Å². The number of ketones is 1. The first-order chi connectivity index (χ1) is 12.5. The molecule has 2 fully saturated rings. The van der Waals surface area contributed by atoms with Crippen LogP contribution in [0.3, 0.4) is 0 Å². The number of hydrogen-bond acceptors (Lipinski definition) is 4. The minimum Gasteiger partial charge on any atom is -0.481 e. The van der Waals surface area contributed by atoms with E-state index in [2.05, 4.69) is 0 Å². The number of ether oxygens (including phenoxy) is 1. The fourth-order valence-corrected chi connectivity index (χ4v) is 4.36. The number of hydrogen-bond donors (Lipinski definition) is 1. The van der Waals surface area contributed by atoms with Crippen molar-refractivity contribution in [2.45, 2.75) is 19.3 Å². The van der Waals surface area contributed by atoms with Gasteiger partial charge in [-0.15, -0.1) is 0 Å². The van der Waals surface area contributed by atoms with Crippen molar-refractivity contribution in [1.82, 2.24) is 4.90 Å². The molecule has 2 aliphatic heterocycles. The summed E-state index contributed by atoms with van der Waals surface area (Å²) in [7, 11) is 0. The van der Waals surface area contributed by atoms with Crippen molar-refractivity contribution in [3.8, 4) is 0 Å². The highest BCUT2D eigenvalue weighted by molar-refractivity contribution is 6.10. The van der Waals surface area contributed by atoms with E-state index in [-0.39, 0.29) is 37.2 Å². The van der Waals surface area contributed by atoms with Gasteiger partial charge in [-0.2, -0.15) is 0 Å². The summed E-state index contributed by atoms with van der Waals surface area (Å²) in [4.78, 5) is 38.5. The summed E-state index contributed by atoms with van der Waals surface area (Å²) in [5.74, 6) is -1.23. The van der Waals surface area contributed by atoms with Gasteiger partial charge in [-0.05, 0) is 17.6 Å². The predicted molar refractivity (Wildman–Crippen MR) is 93.2 cm³/mol. The second kappa shape index (κ2) is 6.36. The van der Waals surface area contributed by atoms with E-state index in [0.29, 0.717) is 31.6 Å². The van der Waals surface area contributed by atoms with Crippen LogP contribution in [0.25, 0.3) is 5.57 Å². The van der Waals surface area contributed by atoms with Crippen LogP contribution in [0.5, 0.6) is 0 Å². The Morgan fingerprint density at radius 2 is 2.00 bits per heavy atom. The molecular formula is C20H21NO5. The topological polar surface area (TPSA) is 83.9 Å². The summed E-state index contributed by atoms with van der Waals surface area (Å²) in [6.07, 6.45) is 1.13. The molecule has 1 aromatic rings. The molecule has 0 radical (unpaired) electrons. The molecule has 0 saturated carbocycles. The second-order valence-corrected chi connectivity index (χ2v) is 7.37. The number of aliphatic carboxylic acids is 1. The number of benzene rings is 1. The van der Waals surface area contributed by atoms with Crippen LogP contribution in [0, 0.1) is 11.3 Å². The van der Waals surface area contributed by atoms with Crippen LogP contribution in [-0.2, 0) is 19.1 Å². The number of carboxylic acids is 1. The number of amides is 1. The molecule has 136 valence electrons. The van der Waals surface area contributed by atoms with E-state index in [0.717, 1.165) is 11.1 Å². The van der Waals surface area contributed by atoms with E-state index in [9.17, 15) is 19.5 Å². The number of carbonyl (C=O) groups excluding carboxylic acids is 2. The van der Waals surface area contributed by atoms with Crippen LogP contribution in [0.4, 0.5) is 0 Å². The van der Waals surface area contributed by atoms with E-state index >= 15 is 0 Å². The lowest BCUT2D eigenvalue weighted by atomic mass is 9.81. The monoisotopic (exact) mass is 355 g/mol. The van der Waals surface area contributed by atoms with Gasteiger partial charge < -0.3 is 14.7 Å². The Kier molecular flexibility index (Phi) is 4.15. The molecule has 1 aliphatic carbocycles. The van der Waals surface area contributed by atoms with Crippen LogP contribution in [0.15, 0.2) is 35.9 Å². The summed E-state index contributed by atoms with van der Waals surface area (Å²) in [6, 6.07) is 9.67. The Bertz CT molecular complexity index is 800. The van der Waals surface area contributed by atoms with E-state index in [1.54, 1.807) is 4.90 Å². The molecule has 6 heteroatoms. The molecule has 0 unspecified atom stereocenters. The zero-order chi connectivity index (χ0) is 18.3. The van der Waals surface area contributed by atoms with Crippen molar-refractivity contribution in [1.29, 1.82) is 0 Å². The molecule has 2 heterocycles. The minimum absolute atomic E-state index is 0.0212. The Hall–Kier alpha value is -2.47. The summed E-state index contributed by atoms with van der Waals surface area (Å²) < 4.78 is 5.35. The molecule has 4 rings (SSSR count). The third-order valence-corrected chi connectivity index (χ3v) is 5.91. The predicted octanol–water partition coefficient (Wildman–Crippen LogP) is 1.75. The Balaban J connectivity index is 1.55. The molecule has 6 nitrogen and oxygen atoms in total. The van der Waals surface area contributed by atoms with Gasteiger partial charge in [-0.1, -0.05) is 30.3 Å². The second-order valence-electron chi connectivity index (χ2n) is 7.37. The highest BCUT2D eigenvalue weighted by atomic mass is 16.5. The fraction of sp³-hybridized carbons (Fsp3) is 0.450. The van der Waals surface area contributed by atoms with E-state index < -0.39 is 11.4 Å². The van der Waals surface area contributed by atoms with Crippen molar-refractivity contribution in [2.24, 2.45) is 11.3 Å². The van der Waals surface area contributed by atoms with E-state index in [1.807, 2.05) is 30.3 Å². The van der Waals surface area contributed by atoms with Gasteiger partial charge in [-0.3, -0.25) is 14.4 Å². The maximum Gasteiger partial charge on any atom is 0.314 e. The number of nitrogens with zero attached hydrogens (tertiary/aromatic N) is 1. The van der Waals surface area contributed by atoms with Gasteiger partial charge in [0.1, 0.15) is 5.41 Å². The lowest BCUT2D eigenvalue weighted by Gasteiger charge is -2.22. The van der Waals surface area contributed by atoms with Crippen molar-refractivity contribution >= 4 is 23.2 Å². The number of likely N-dealkylation sites (tertiary alicyclic amines) is 1. The SMILES string of the molecule is O=C1CCC(c2ccccc2)=C1CC(=O)N1C[C@@H]2COC[C@]2(C(=O)O)C1. The largest absolute Gasteiger partial charge is 0.481 e. The van der Waals surface area contributed by atoms with Crippen molar-refractivity contribution < 1.29 is 24.2 Å². The lowest BCUT2D eigenvalue weighted by molar-refractivity contribution is -0.149. The Morgan fingerprint density at radius 3 is 2.69 bits per heavy atom. The smallest absolute Gasteiger partial charge is 0.314 e. The van der Waals surface area contributed by atoms with Gasteiger partial charge in [0.15, 0.2) is 5.78 Å². The number of fused-ring (bicyclic) bond motifs is 1. The maximum absolute atomic E-state index is 12.8. The molecule has 2 atom stereocenters. The molecule has 1 N–H and O–H groups in total. The standard InChI is InChI=1S/C20H21NO5/c22-17-7-6-15(13-4-2-1-3-5-13)16(17)8-18(23)21-9-14-10-26-12-20(14,11-21)19(24)25/h1-5,14H,6-12H2,(H,24,25)/t14-,20-/m1/s1. The van der Waals surface area contributed by atoms with Crippen LogP contribution < -0.4 is 0 Å². The first kappa shape index (κ1) is 17.0. The first-order valence-electron chi connectivity index (χ1n) is 8.91. The van der Waals surface area contributed by atoms with E-state index in [4.69, 9.17) is 4.74 Å². The van der Waals surface area contributed by atoms with E-state index in [1.165, 1.54) is 0 Å². The zero-order valence-electron chi connectivity index (χ0n) is 14.4. The van der Waals surface area contributed by atoms with Gasteiger partial charge in [0.2, 0.25) is 5.91 Å². The number of carboxylic acid groups (broad SMARTS) is 1. The maximum atomic E-state index is 12.8. The molecule has 3 aliphatic rings. The lowest BCUT2D eigenvalue weighted by Crippen LogP contribution is -2.40.